The predicted molar refractivity (Wildman–Crippen MR) is 200 cm³/mol. The number of fused-ring (bicyclic) bond motifs is 3. The molecule has 9 rings (SSSR count). The Labute approximate surface area is 284 Å². The molecular weight excluding hydrogens is 599 g/mol. The standard InChI is InChI=1S/C45H29N3O/c1-4-10-30(11-5-1)32-16-18-34(19-17-32)37-24-26-41-39(28-37)40-29-38(25-27-42(40)49-41)45-47-43(35-14-8-3-9-15-35)46-44(48-45)36-22-20-33(21-23-36)31-12-6-2-7-13-31/h1-29H. The van der Waals surface area contributed by atoms with Crippen LogP contribution < -0.4 is 0 Å². The minimum absolute atomic E-state index is 0.611. The van der Waals surface area contributed by atoms with E-state index in [4.69, 9.17) is 19.4 Å². The highest BCUT2D eigenvalue weighted by Gasteiger charge is 2.15. The summed E-state index contributed by atoms with van der Waals surface area (Å²) in [5.41, 5.74) is 11.4. The SMILES string of the molecule is c1ccc(-c2ccc(-c3ccc4oc5ccc(-c6nc(-c7ccccc7)nc(-c7ccc(-c8ccccc8)cc7)n6)cc5c4c3)cc2)cc1. The molecule has 0 fully saturated rings. The minimum Gasteiger partial charge on any atom is -0.456 e. The van der Waals surface area contributed by atoms with E-state index in [1.807, 2.05) is 54.6 Å². The van der Waals surface area contributed by atoms with Crippen molar-refractivity contribution < 1.29 is 4.42 Å². The largest absolute Gasteiger partial charge is 0.456 e. The van der Waals surface area contributed by atoms with Gasteiger partial charge in [-0.25, -0.2) is 15.0 Å². The van der Waals surface area contributed by atoms with Gasteiger partial charge in [0.25, 0.3) is 0 Å². The van der Waals surface area contributed by atoms with Crippen LogP contribution in [0.4, 0.5) is 0 Å². The Morgan fingerprint density at radius 3 is 1.06 bits per heavy atom. The lowest BCUT2D eigenvalue weighted by Crippen LogP contribution is -2.00. The molecule has 2 aromatic heterocycles. The van der Waals surface area contributed by atoms with E-state index < -0.39 is 0 Å². The van der Waals surface area contributed by atoms with Crippen molar-refractivity contribution in [3.8, 4) is 67.5 Å². The summed E-state index contributed by atoms with van der Waals surface area (Å²) in [5, 5.41) is 2.07. The number of hydrogen-bond acceptors (Lipinski definition) is 4. The molecule has 0 radical (unpaired) electrons. The van der Waals surface area contributed by atoms with Gasteiger partial charge in [-0.05, 0) is 63.7 Å². The molecule has 0 aliphatic carbocycles. The van der Waals surface area contributed by atoms with E-state index in [1.165, 1.54) is 16.7 Å². The molecule has 0 aliphatic heterocycles. The van der Waals surface area contributed by atoms with Crippen LogP contribution >= 0.6 is 0 Å². The number of furan rings is 1. The first-order valence-electron chi connectivity index (χ1n) is 16.4. The van der Waals surface area contributed by atoms with Gasteiger partial charge in [0.05, 0.1) is 0 Å². The Hall–Kier alpha value is -6.65. The first-order valence-corrected chi connectivity index (χ1v) is 16.4. The second-order valence-corrected chi connectivity index (χ2v) is 12.1. The molecule has 2 heterocycles. The third-order valence-corrected chi connectivity index (χ3v) is 8.97. The monoisotopic (exact) mass is 627 g/mol. The normalized spacial score (nSPS) is 11.3. The van der Waals surface area contributed by atoms with Gasteiger partial charge >= 0.3 is 0 Å². The van der Waals surface area contributed by atoms with Gasteiger partial charge in [-0.1, -0.05) is 146 Å². The van der Waals surface area contributed by atoms with Crippen molar-refractivity contribution in [1.82, 2.24) is 15.0 Å². The molecule has 230 valence electrons. The van der Waals surface area contributed by atoms with Crippen LogP contribution in [0.3, 0.4) is 0 Å². The van der Waals surface area contributed by atoms with Gasteiger partial charge < -0.3 is 4.42 Å². The molecule has 0 unspecified atom stereocenters. The summed E-state index contributed by atoms with van der Waals surface area (Å²) in [6.45, 7) is 0. The lowest BCUT2D eigenvalue weighted by molar-refractivity contribution is 0.669. The molecule has 0 spiro atoms. The van der Waals surface area contributed by atoms with E-state index in [9.17, 15) is 0 Å². The minimum atomic E-state index is 0.611. The highest BCUT2D eigenvalue weighted by molar-refractivity contribution is 6.07. The zero-order valence-electron chi connectivity index (χ0n) is 26.5. The quantitative estimate of drug-likeness (QED) is 0.184. The van der Waals surface area contributed by atoms with Crippen LogP contribution in [0.5, 0.6) is 0 Å². The second-order valence-electron chi connectivity index (χ2n) is 12.1. The third-order valence-electron chi connectivity index (χ3n) is 8.97. The molecule has 0 bridgehead atoms. The fourth-order valence-corrected chi connectivity index (χ4v) is 6.37. The maximum atomic E-state index is 6.29. The van der Waals surface area contributed by atoms with Crippen LogP contribution in [0.1, 0.15) is 0 Å². The molecule has 4 heteroatoms. The fourth-order valence-electron chi connectivity index (χ4n) is 6.37. The molecule has 9 aromatic rings. The lowest BCUT2D eigenvalue weighted by Gasteiger charge is -2.09. The van der Waals surface area contributed by atoms with Gasteiger partial charge in [-0.3, -0.25) is 0 Å². The molecule has 0 saturated carbocycles. The van der Waals surface area contributed by atoms with E-state index in [0.29, 0.717) is 17.5 Å². The smallest absolute Gasteiger partial charge is 0.164 e. The molecule has 7 aromatic carbocycles. The first kappa shape index (κ1) is 28.6. The van der Waals surface area contributed by atoms with Crippen molar-refractivity contribution in [3.05, 3.63) is 176 Å². The summed E-state index contributed by atoms with van der Waals surface area (Å²) in [7, 11) is 0. The summed E-state index contributed by atoms with van der Waals surface area (Å²) in [5.74, 6) is 1.87. The van der Waals surface area contributed by atoms with E-state index in [0.717, 1.165) is 55.3 Å². The van der Waals surface area contributed by atoms with Crippen molar-refractivity contribution in [2.75, 3.05) is 0 Å². The van der Waals surface area contributed by atoms with Crippen molar-refractivity contribution in [2.24, 2.45) is 0 Å². The number of aromatic nitrogens is 3. The number of hydrogen-bond donors (Lipinski definition) is 0. The molecule has 0 saturated heterocycles. The molecule has 0 aliphatic rings. The molecule has 0 atom stereocenters. The highest BCUT2D eigenvalue weighted by atomic mass is 16.3. The van der Waals surface area contributed by atoms with Crippen LogP contribution in [0, 0.1) is 0 Å². The Kier molecular flexibility index (Phi) is 7.10. The van der Waals surface area contributed by atoms with Gasteiger partial charge in [0, 0.05) is 27.5 Å². The third kappa shape index (κ3) is 5.56. The van der Waals surface area contributed by atoms with Gasteiger partial charge in [-0.15, -0.1) is 0 Å². The average Bonchev–Trinajstić information content (AvgIpc) is 3.56. The van der Waals surface area contributed by atoms with Crippen molar-refractivity contribution in [1.29, 1.82) is 0 Å². The molecular formula is C45H29N3O. The highest BCUT2D eigenvalue weighted by Crippen LogP contribution is 2.36. The maximum absolute atomic E-state index is 6.29. The maximum Gasteiger partial charge on any atom is 0.164 e. The van der Waals surface area contributed by atoms with Gasteiger partial charge in [-0.2, -0.15) is 0 Å². The van der Waals surface area contributed by atoms with Gasteiger partial charge in [0.15, 0.2) is 17.5 Å². The Bertz CT molecular complexity index is 2560. The van der Waals surface area contributed by atoms with Crippen LogP contribution in [0.25, 0.3) is 89.5 Å². The topological polar surface area (TPSA) is 51.8 Å². The van der Waals surface area contributed by atoms with Crippen molar-refractivity contribution in [2.45, 2.75) is 0 Å². The van der Waals surface area contributed by atoms with Crippen LogP contribution in [-0.2, 0) is 0 Å². The average molecular weight is 628 g/mol. The molecule has 0 N–H and O–H groups in total. The van der Waals surface area contributed by atoms with Crippen molar-refractivity contribution in [3.63, 3.8) is 0 Å². The fraction of sp³-hybridized carbons (Fsp3) is 0. The van der Waals surface area contributed by atoms with E-state index in [-0.39, 0.29) is 0 Å². The Morgan fingerprint density at radius 2 is 0.571 bits per heavy atom. The van der Waals surface area contributed by atoms with Gasteiger partial charge in [0.1, 0.15) is 11.2 Å². The number of rotatable bonds is 6. The van der Waals surface area contributed by atoms with E-state index in [2.05, 4.69) is 121 Å². The first-order chi connectivity index (χ1) is 24.2. The van der Waals surface area contributed by atoms with E-state index in [1.54, 1.807) is 0 Å². The van der Waals surface area contributed by atoms with Crippen LogP contribution in [-0.4, -0.2) is 15.0 Å². The predicted octanol–water partition coefficient (Wildman–Crippen LogP) is 11.8. The van der Waals surface area contributed by atoms with Crippen molar-refractivity contribution >= 4 is 21.9 Å². The number of benzene rings is 7. The zero-order chi connectivity index (χ0) is 32.6. The number of nitrogens with zero attached hydrogens (tertiary/aromatic N) is 3. The summed E-state index contributed by atoms with van der Waals surface area (Å²) in [6, 6.07) is 60.6. The van der Waals surface area contributed by atoms with Crippen LogP contribution in [0.15, 0.2) is 180 Å². The molecule has 0 amide bonds. The Balaban J connectivity index is 1.12. The summed E-state index contributed by atoms with van der Waals surface area (Å²) in [6.07, 6.45) is 0. The Morgan fingerprint density at radius 1 is 0.265 bits per heavy atom. The van der Waals surface area contributed by atoms with Crippen LogP contribution in [0.2, 0.25) is 0 Å². The van der Waals surface area contributed by atoms with E-state index >= 15 is 0 Å². The summed E-state index contributed by atoms with van der Waals surface area (Å²) >= 11 is 0. The van der Waals surface area contributed by atoms with Gasteiger partial charge in [0.2, 0.25) is 0 Å². The zero-order valence-corrected chi connectivity index (χ0v) is 26.5. The molecule has 4 nitrogen and oxygen atoms in total. The second kappa shape index (κ2) is 12.2. The lowest BCUT2D eigenvalue weighted by atomic mass is 9.99. The summed E-state index contributed by atoms with van der Waals surface area (Å²) in [4.78, 5) is 14.9. The summed E-state index contributed by atoms with van der Waals surface area (Å²) < 4.78 is 6.29. The molecule has 49 heavy (non-hydrogen) atoms.